The normalized spacial score (nSPS) is 11.7. The summed E-state index contributed by atoms with van der Waals surface area (Å²) in [6, 6.07) is 9.05. The predicted octanol–water partition coefficient (Wildman–Crippen LogP) is 4.85. The molecular formula is C25H29N5O4S. The summed E-state index contributed by atoms with van der Waals surface area (Å²) in [7, 11) is 1.74. The van der Waals surface area contributed by atoms with E-state index >= 15 is 0 Å². The molecule has 0 aliphatic carbocycles. The first-order valence-electron chi connectivity index (χ1n) is 11.4. The van der Waals surface area contributed by atoms with Crippen molar-refractivity contribution >= 4 is 45.8 Å². The molecule has 3 heterocycles. The quantitative estimate of drug-likeness (QED) is 0.361. The van der Waals surface area contributed by atoms with E-state index in [0.717, 1.165) is 16.8 Å². The van der Waals surface area contributed by atoms with Crippen molar-refractivity contribution in [2.24, 2.45) is 0 Å². The largest absolute Gasteiger partial charge is 0.440 e. The first-order chi connectivity index (χ1) is 16.6. The van der Waals surface area contributed by atoms with Crippen molar-refractivity contribution in [2.75, 3.05) is 17.3 Å². The summed E-state index contributed by atoms with van der Waals surface area (Å²) in [5.74, 6) is 1.18. The number of nitrogens with zero attached hydrogens (tertiary/aromatic N) is 4. The van der Waals surface area contributed by atoms with Crippen LogP contribution in [0.2, 0.25) is 0 Å². The number of aliphatic hydroxyl groups is 1. The van der Waals surface area contributed by atoms with Crippen molar-refractivity contribution in [1.82, 2.24) is 14.5 Å². The van der Waals surface area contributed by atoms with E-state index in [1.54, 1.807) is 49.5 Å². The molecule has 3 aromatic heterocycles. The number of benzene rings is 1. The Labute approximate surface area is 207 Å². The minimum Gasteiger partial charge on any atom is -0.440 e. The molecule has 4 rings (SSSR count). The number of carbonyl (C=O) groups excluding carboxylic acids is 2. The van der Waals surface area contributed by atoms with Gasteiger partial charge in [0, 0.05) is 26.1 Å². The van der Waals surface area contributed by atoms with Gasteiger partial charge in [-0.3, -0.25) is 14.9 Å². The molecule has 0 unspecified atom stereocenters. The second-order valence-corrected chi connectivity index (χ2v) is 10.2. The lowest BCUT2D eigenvalue weighted by Crippen LogP contribution is -2.27. The molecule has 0 saturated carbocycles. The fourth-order valence-electron chi connectivity index (χ4n) is 3.73. The molecule has 0 fully saturated rings. The summed E-state index contributed by atoms with van der Waals surface area (Å²) in [5, 5.41) is 13.4. The summed E-state index contributed by atoms with van der Waals surface area (Å²) in [5.41, 5.74) is 1.03. The summed E-state index contributed by atoms with van der Waals surface area (Å²) in [6.07, 6.45) is 2.85. The number of aromatic nitrogens is 3. The van der Waals surface area contributed by atoms with E-state index in [9.17, 15) is 14.7 Å². The number of imidazole rings is 1. The van der Waals surface area contributed by atoms with Crippen LogP contribution in [0, 0.1) is 6.92 Å². The van der Waals surface area contributed by atoms with Gasteiger partial charge in [0.2, 0.25) is 11.9 Å². The highest BCUT2D eigenvalue weighted by atomic mass is 32.1. The number of hydrogen-bond acceptors (Lipinski definition) is 7. The maximum Gasteiger partial charge on any atom is 0.268 e. The number of carbonyl (C=O) groups is 2. The Morgan fingerprint density at radius 2 is 2.03 bits per heavy atom. The zero-order valence-electron chi connectivity index (χ0n) is 20.5. The van der Waals surface area contributed by atoms with E-state index in [0.29, 0.717) is 40.1 Å². The molecule has 0 bridgehead atoms. The van der Waals surface area contributed by atoms with Crippen LogP contribution in [0.3, 0.4) is 0 Å². The minimum atomic E-state index is -1.04. The van der Waals surface area contributed by atoms with Crippen LogP contribution in [0.5, 0.6) is 0 Å². The molecule has 0 radical (unpaired) electrons. The molecule has 35 heavy (non-hydrogen) atoms. The third kappa shape index (κ3) is 5.44. The van der Waals surface area contributed by atoms with Crippen molar-refractivity contribution in [3.63, 3.8) is 0 Å². The Hall–Kier alpha value is -3.50. The summed E-state index contributed by atoms with van der Waals surface area (Å²) in [6.45, 7) is 7.34. The highest BCUT2D eigenvalue weighted by Crippen LogP contribution is 2.30. The summed E-state index contributed by atoms with van der Waals surface area (Å²) in [4.78, 5) is 37.1. The van der Waals surface area contributed by atoms with Gasteiger partial charge < -0.3 is 19.0 Å². The number of fused-ring (bicyclic) bond motifs is 1. The lowest BCUT2D eigenvalue weighted by molar-refractivity contribution is -0.118. The highest BCUT2D eigenvalue weighted by Gasteiger charge is 2.22. The number of amides is 2. The predicted molar refractivity (Wildman–Crippen MR) is 137 cm³/mol. The summed E-state index contributed by atoms with van der Waals surface area (Å²) >= 11 is 1.29. The van der Waals surface area contributed by atoms with Gasteiger partial charge in [0.15, 0.2) is 11.7 Å². The number of nitrogens with one attached hydrogen (secondary N) is 1. The monoisotopic (exact) mass is 495 g/mol. The molecule has 0 aliphatic rings. The standard InChI is InChI=1S/C25H29N5O4S/c1-6-7-22(31)29(5)16-8-9-18-17(12-16)27-24(30(18)14-25(3,4)33)28-23(32)21-11-10-20(35-21)19-13-26-15(2)34-19/h8-13,33H,6-7,14H2,1-5H3,(H,27,28,32). The molecule has 0 atom stereocenters. The van der Waals surface area contributed by atoms with Gasteiger partial charge in [-0.15, -0.1) is 11.3 Å². The molecule has 2 N–H and O–H groups in total. The van der Waals surface area contributed by atoms with Gasteiger partial charge in [-0.25, -0.2) is 9.97 Å². The van der Waals surface area contributed by atoms with Gasteiger partial charge in [-0.1, -0.05) is 6.92 Å². The van der Waals surface area contributed by atoms with Gasteiger partial charge in [-0.05, 0) is 50.6 Å². The Bertz CT molecular complexity index is 1380. The maximum atomic E-state index is 13.1. The van der Waals surface area contributed by atoms with Crippen molar-refractivity contribution in [2.45, 2.75) is 52.7 Å². The number of thiophene rings is 1. The fourth-order valence-corrected chi connectivity index (χ4v) is 4.57. The lowest BCUT2D eigenvalue weighted by atomic mass is 10.1. The second kappa shape index (κ2) is 9.63. The van der Waals surface area contributed by atoms with E-state index in [1.807, 2.05) is 31.2 Å². The van der Waals surface area contributed by atoms with Gasteiger partial charge >= 0.3 is 0 Å². The van der Waals surface area contributed by atoms with Crippen LogP contribution in [-0.4, -0.2) is 44.1 Å². The Balaban J connectivity index is 1.66. The molecule has 0 saturated heterocycles. The Morgan fingerprint density at radius 3 is 2.69 bits per heavy atom. The smallest absolute Gasteiger partial charge is 0.268 e. The van der Waals surface area contributed by atoms with Crippen molar-refractivity contribution in [3.05, 3.63) is 47.3 Å². The zero-order chi connectivity index (χ0) is 25.3. The Kier molecular flexibility index (Phi) is 6.77. The molecule has 0 aliphatic heterocycles. The first-order valence-corrected chi connectivity index (χ1v) is 12.2. The van der Waals surface area contributed by atoms with Crippen LogP contribution in [0.1, 0.15) is 49.2 Å². The lowest BCUT2D eigenvalue weighted by Gasteiger charge is -2.20. The van der Waals surface area contributed by atoms with Crippen molar-refractivity contribution in [3.8, 4) is 10.6 Å². The van der Waals surface area contributed by atoms with Crippen LogP contribution in [0.25, 0.3) is 21.7 Å². The molecule has 10 heteroatoms. The topological polar surface area (TPSA) is 113 Å². The van der Waals surface area contributed by atoms with Crippen LogP contribution in [0.15, 0.2) is 40.9 Å². The van der Waals surface area contributed by atoms with Crippen LogP contribution in [-0.2, 0) is 11.3 Å². The van der Waals surface area contributed by atoms with E-state index in [-0.39, 0.29) is 18.4 Å². The minimum absolute atomic E-state index is 0.0201. The van der Waals surface area contributed by atoms with Crippen LogP contribution >= 0.6 is 11.3 Å². The second-order valence-electron chi connectivity index (χ2n) is 9.07. The third-order valence-electron chi connectivity index (χ3n) is 5.42. The van der Waals surface area contributed by atoms with Gasteiger partial charge in [0.25, 0.3) is 5.91 Å². The van der Waals surface area contributed by atoms with Crippen molar-refractivity contribution < 1.29 is 19.1 Å². The van der Waals surface area contributed by atoms with Gasteiger partial charge in [-0.2, -0.15) is 0 Å². The molecule has 1 aromatic carbocycles. The molecule has 4 aromatic rings. The first kappa shape index (κ1) is 24.6. The van der Waals surface area contributed by atoms with Crippen LogP contribution < -0.4 is 10.2 Å². The van der Waals surface area contributed by atoms with Crippen molar-refractivity contribution in [1.29, 1.82) is 0 Å². The van der Waals surface area contributed by atoms with Gasteiger partial charge in [0.05, 0.1) is 39.1 Å². The fraction of sp³-hybridized carbons (Fsp3) is 0.360. The van der Waals surface area contributed by atoms with E-state index in [2.05, 4.69) is 15.3 Å². The summed E-state index contributed by atoms with van der Waals surface area (Å²) < 4.78 is 7.33. The molecule has 0 spiro atoms. The Morgan fingerprint density at radius 1 is 1.26 bits per heavy atom. The zero-order valence-corrected chi connectivity index (χ0v) is 21.3. The SMILES string of the molecule is CCCC(=O)N(C)c1ccc2c(c1)nc(NC(=O)c1ccc(-c3cnc(C)o3)s1)n2CC(C)(C)O. The molecule has 2 amide bonds. The van der Waals surface area contributed by atoms with Crippen LogP contribution in [0.4, 0.5) is 11.6 Å². The van der Waals surface area contributed by atoms with E-state index in [4.69, 9.17) is 4.42 Å². The number of oxazole rings is 1. The molecular weight excluding hydrogens is 466 g/mol. The van der Waals surface area contributed by atoms with Gasteiger partial charge in [0.1, 0.15) is 0 Å². The average molecular weight is 496 g/mol. The van der Waals surface area contributed by atoms with E-state index in [1.165, 1.54) is 11.3 Å². The number of anilines is 2. The average Bonchev–Trinajstić information content (AvgIpc) is 3.51. The van der Waals surface area contributed by atoms with E-state index < -0.39 is 5.60 Å². The number of rotatable bonds is 8. The molecule has 9 nitrogen and oxygen atoms in total. The third-order valence-corrected chi connectivity index (χ3v) is 6.52. The highest BCUT2D eigenvalue weighted by molar-refractivity contribution is 7.17. The maximum absolute atomic E-state index is 13.1. The number of aryl methyl sites for hydroxylation is 1. The molecule has 184 valence electrons. The number of hydrogen-bond donors (Lipinski definition) is 2.